The van der Waals surface area contributed by atoms with Gasteiger partial charge in [0, 0.05) is 97.2 Å². The summed E-state index contributed by atoms with van der Waals surface area (Å²) in [5.41, 5.74) is -0.730. The Labute approximate surface area is 645 Å². The maximum absolute atomic E-state index is 13.1. The van der Waals surface area contributed by atoms with Crippen LogP contribution in [0.25, 0.3) is 0 Å². The van der Waals surface area contributed by atoms with E-state index in [1.165, 1.54) is 0 Å². The van der Waals surface area contributed by atoms with Gasteiger partial charge in [0.2, 0.25) is 0 Å². The molecule has 568 valence electrons. The zero-order valence-electron chi connectivity index (χ0n) is 60.9. The summed E-state index contributed by atoms with van der Waals surface area (Å²) < 4.78 is 54.8. The number of nitriles is 2. The number of methoxy groups -OCH3 is 3. The minimum atomic E-state index is -1.59. The Hall–Kier alpha value is -9.45. The van der Waals surface area contributed by atoms with Crippen molar-refractivity contribution < 1.29 is 73.3 Å². The lowest BCUT2D eigenvalue weighted by molar-refractivity contribution is -0.130. The van der Waals surface area contributed by atoms with Gasteiger partial charge in [-0.15, -0.1) is 0 Å². The first-order valence-electron chi connectivity index (χ1n) is 37.2. The molecule has 0 bridgehead atoms. The van der Waals surface area contributed by atoms with Crippen LogP contribution in [0.15, 0.2) is 205 Å². The van der Waals surface area contributed by atoms with Gasteiger partial charge in [0.15, 0.2) is 16.8 Å². The fourth-order valence-electron chi connectivity index (χ4n) is 19.8. The molecule has 3 saturated carbocycles. The number of hydrogen-bond donors (Lipinski definition) is 9. The van der Waals surface area contributed by atoms with Crippen molar-refractivity contribution in [3.63, 3.8) is 0 Å². The highest BCUT2D eigenvalue weighted by Gasteiger charge is 2.79. The minimum Gasteiger partial charge on any atom is -0.495 e. The lowest BCUT2D eigenvalue weighted by Crippen LogP contribution is -2.54. The van der Waals surface area contributed by atoms with E-state index >= 15 is 0 Å². The van der Waals surface area contributed by atoms with Crippen LogP contribution in [-0.4, -0.2) is 164 Å². The summed E-state index contributed by atoms with van der Waals surface area (Å²) in [6.45, 7) is 4.64. The first kappa shape index (κ1) is 74.6. The van der Waals surface area contributed by atoms with Crippen molar-refractivity contribution in [3.05, 3.63) is 267 Å². The molecule has 3 saturated heterocycles. The second-order valence-electron chi connectivity index (χ2n) is 29.8. The standard InChI is InChI=1S/2C29H29N3O5.C28H29BrN2O5/c2*1-35-24-13-31-14-25-27(24)28(34)23(12-32-21-16-36-17-21)22(15-33)26(19-5-3-2-4-6-19)29(28,37-25)20-9-7-18(11-30)8-10-20;1-34-23-12-30-13-24-26(23)27(33)22(11-31-20-15-35-16-20)21(14-32)25(17-5-3-2-4-6-17)28(27,36-24)18-7-9-19(29)10-8-18/h2*2-10,13-14,21-23,26,32-34H,12,15-17H2,1H3;2-10,12-13,20-22,25,31-33H,11,14-16H2,1H3/t2*22-,23-,26+,28+,29-;21-,22-,25+,27+,28-/m000/s1. The number of benzene rings is 6. The molecule has 9 aliphatic rings. The summed E-state index contributed by atoms with van der Waals surface area (Å²) in [5, 5.41) is 102. The van der Waals surface area contributed by atoms with E-state index in [0.29, 0.717) is 133 Å². The summed E-state index contributed by atoms with van der Waals surface area (Å²) >= 11 is 3.55. The molecule has 15 atom stereocenters. The summed E-state index contributed by atoms with van der Waals surface area (Å²) in [7, 11) is 4.68. The normalized spacial score (nSPS) is 30.3. The van der Waals surface area contributed by atoms with Gasteiger partial charge in [-0.05, 0) is 69.8 Å². The molecular weight excluding hydrogens is 1460 g/mol. The molecule has 9 heterocycles. The number of fused-ring (bicyclic) bond motifs is 9. The number of aromatic nitrogens is 3. The minimum absolute atomic E-state index is 0.111. The molecule has 6 aliphatic heterocycles. The molecule has 23 nitrogen and oxygen atoms in total. The lowest BCUT2D eigenvalue weighted by atomic mass is 9.69. The zero-order chi connectivity index (χ0) is 76.2. The van der Waals surface area contributed by atoms with Crippen molar-refractivity contribution in [2.45, 2.75) is 69.5 Å². The quantitative estimate of drug-likeness (QED) is 0.0327. The van der Waals surface area contributed by atoms with Crippen LogP contribution in [0.3, 0.4) is 0 Å². The van der Waals surface area contributed by atoms with Crippen LogP contribution in [0.4, 0.5) is 0 Å². The lowest BCUT2D eigenvalue weighted by Gasteiger charge is -2.42. The molecule has 18 rings (SSSR count). The van der Waals surface area contributed by atoms with Gasteiger partial charge in [0.25, 0.3) is 0 Å². The van der Waals surface area contributed by atoms with E-state index in [1.54, 1.807) is 82.8 Å². The second-order valence-corrected chi connectivity index (χ2v) is 30.7. The van der Waals surface area contributed by atoms with Gasteiger partial charge in [-0.2, -0.15) is 10.5 Å². The Balaban J connectivity index is 0.000000125. The third-order valence-electron chi connectivity index (χ3n) is 24.8. The summed E-state index contributed by atoms with van der Waals surface area (Å²) in [6, 6.07) is 56.9. The number of nitrogens with one attached hydrogen (secondary N) is 3. The molecule has 3 aromatic heterocycles. The van der Waals surface area contributed by atoms with Gasteiger partial charge in [-0.25, -0.2) is 0 Å². The largest absolute Gasteiger partial charge is 0.495 e. The molecule has 0 unspecified atom stereocenters. The predicted molar refractivity (Wildman–Crippen MR) is 405 cm³/mol. The van der Waals surface area contributed by atoms with Crippen LogP contribution in [0.1, 0.15) is 79.0 Å². The number of pyridine rings is 3. The van der Waals surface area contributed by atoms with Crippen molar-refractivity contribution in [1.29, 1.82) is 10.5 Å². The predicted octanol–water partition coefficient (Wildman–Crippen LogP) is 8.23. The van der Waals surface area contributed by atoms with Crippen molar-refractivity contribution in [3.8, 4) is 46.6 Å². The molecule has 24 heteroatoms. The van der Waals surface area contributed by atoms with Crippen LogP contribution in [0, 0.1) is 58.2 Å². The first-order chi connectivity index (χ1) is 53.7. The Morgan fingerprint density at radius 2 is 0.682 bits per heavy atom. The molecule has 110 heavy (non-hydrogen) atoms. The van der Waals surface area contributed by atoms with E-state index in [0.717, 1.165) is 26.7 Å². The molecule has 6 aromatic carbocycles. The Bertz CT molecular complexity index is 4640. The highest BCUT2D eigenvalue weighted by molar-refractivity contribution is 9.10. The van der Waals surface area contributed by atoms with E-state index in [1.807, 2.05) is 140 Å². The Kier molecular flexibility index (Phi) is 20.6. The summed E-state index contributed by atoms with van der Waals surface area (Å²) in [6.07, 6.45) is 9.66. The number of rotatable bonds is 21. The smallest absolute Gasteiger partial charge is 0.174 e. The SMILES string of the molecule is COc1cncc2c1[C@]1(O)[C@@H](CNC3COC3)[C@H](CO)[C@@H](c3ccccc3)[C@]1(c1ccc(Br)cc1)O2.COc1cncc2c1[C@]1(O)[C@@H](CNC3COC3)[C@H](CO)[C@@H](c3ccccc3)[C@]1(c1ccc(C#N)cc1)O2.COc1cncc2c1[C@]1(O)[C@@H](CNC3COC3)[C@H](CO)[C@@H](c3ccccc3)[C@]1(c1ccc(C#N)cc1)O2. The summed E-state index contributed by atoms with van der Waals surface area (Å²) in [5.74, 6) is -0.789. The molecule has 0 radical (unpaired) electrons. The molecule has 0 amide bonds. The van der Waals surface area contributed by atoms with E-state index in [-0.39, 0.29) is 61.6 Å². The van der Waals surface area contributed by atoms with Gasteiger partial charge < -0.3 is 89.2 Å². The van der Waals surface area contributed by atoms with Gasteiger partial charge in [0.05, 0.1) is 156 Å². The third kappa shape index (κ3) is 11.5. The Morgan fingerprint density at radius 1 is 0.409 bits per heavy atom. The first-order valence-corrected chi connectivity index (χ1v) is 38.0. The highest BCUT2D eigenvalue weighted by atomic mass is 79.9. The average molecular weight is 1550 g/mol. The zero-order valence-corrected chi connectivity index (χ0v) is 62.5. The van der Waals surface area contributed by atoms with E-state index in [4.69, 9.17) is 42.6 Å². The molecular formula is C86H87BrN8O15. The molecule has 9 aromatic rings. The number of aliphatic hydroxyl groups is 6. The second kappa shape index (κ2) is 30.3. The van der Waals surface area contributed by atoms with Crippen molar-refractivity contribution in [2.75, 3.05) is 100 Å². The number of aliphatic hydroxyl groups excluding tert-OH is 3. The number of halogens is 1. The molecule has 6 fully saturated rings. The highest BCUT2D eigenvalue weighted by Crippen LogP contribution is 2.75. The van der Waals surface area contributed by atoms with Gasteiger partial charge in [0.1, 0.15) is 51.3 Å². The maximum atomic E-state index is 13.1. The summed E-state index contributed by atoms with van der Waals surface area (Å²) in [4.78, 5) is 13.0. The third-order valence-corrected chi connectivity index (χ3v) is 25.3. The monoisotopic (exact) mass is 1550 g/mol. The van der Waals surface area contributed by atoms with Crippen molar-refractivity contribution >= 4 is 15.9 Å². The fraction of sp³-hybridized carbons (Fsp3) is 0.384. The van der Waals surface area contributed by atoms with Crippen molar-refractivity contribution in [1.82, 2.24) is 30.9 Å². The average Bonchev–Trinajstić information content (AvgIpc) is 1.51. The van der Waals surface area contributed by atoms with Gasteiger partial charge in [-0.1, -0.05) is 143 Å². The van der Waals surface area contributed by atoms with E-state index in [2.05, 4.69) is 59.0 Å². The molecule has 9 N–H and O–H groups in total. The van der Waals surface area contributed by atoms with Crippen LogP contribution < -0.4 is 44.4 Å². The Morgan fingerprint density at radius 3 is 0.918 bits per heavy atom. The van der Waals surface area contributed by atoms with Crippen LogP contribution in [0.2, 0.25) is 0 Å². The number of ether oxygens (including phenoxy) is 9. The number of hydrogen-bond acceptors (Lipinski definition) is 23. The van der Waals surface area contributed by atoms with Gasteiger partial charge >= 0.3 is 0 Å². The van der Waals surface area contributed by atoms with Crippen LogP contribution in [0.5, 0.6) is 34.5 Å². The molecule has 0 spiro atoms. The van der Waals surface area contributed by atoms with Crippen LogP contribution in [-0.2, 0) is 47.8 Å². The fourth-order valence-corrected chi connectivity index (χ4v) is 20.1. The maximum Gasteiger partial charge on any atom is 0.174 e. The van der Waals surface area contributed by atoms with E-state index in [9.17, 15) is 41.2 Å². The topological polar surface area (TPSA) is 327 Å². The van der Waals surface area contributed by atoms with Gasteiger partial charge in [-0.3, -0.25) is 15.0 Å². The van der Waals surface area contributed by atoms with E-state index < -0.39 is 63.2 Å². The molecule has 3 aliphatic carbocycles. The number of nitrogens with zero attached hydrogens (tertiary/aromatic N) is 5. The van der Waals surface area contributed by atoms with Crippen molar-refractivity contribution in [2.24, 2.45) is 35.5 Å². The van der Waals surface area contributed by atoms with Crippen LogP contribution >= 0.6 is 15.9 Å².